The van der Waals surface area contributed by atoms with E-state index in [9.17, 15) is 4.79 Å². The maximum absolute atomic E-state index is 12.3. The van der Waals surface area contributed by atoms with E-state index in [1.807, 2.05) is 30.3 Å². The van der Waals surface area contributed by atoms with Crippen molar-refractivity contribution in [2.75, 3.05) is 11.1 Å². The Hall–Kier alpha value is -1.74. The monoisotopic (exact) mass is 377 g/mol. The fourth-order valence-electron chi connectivity index (χ4n) is 6.23. The molecule has 1 N–H and O–H groups in total. The summed E-state index contributed by atoms with van der Waals surface area (Å²) in [5.74, 6) is 3.40. The molecule has 4 bridgehead atoms. The molecule has 4 saturated carbocycles. The lowest BCUT2D eigenvalue weighted by Crippen LogP contribution is -2.48. The average molecular weight is 378 g/mol. The number of benzene rings is 2. The average Bonchev–Trinajstić information content (AvgIpc) is 2.67. The second-order valence-corrected chi connectivity index (χ2v) is 9.97. The van der Waals surface area contributed by atoms with Gasteiger partial charge in [0.1, 0.15) is 0 Å². The van der Waals surface area contributed by atoms with Crippen molar-refractivity contribution in [3.05, 3.63) is 60.2 Å². The Kier molecular flexibility index (Phi) is 4.51. The molecule has 4 aliphatic rings. The highest BCUT2D eigenvalue weighted by atomic mass is 32.2. The Morgan fingerprint density at radius 1 is 0.889 bits per heavy atom. The highest BCUT2D eigenvalue weighted by molar-refractivity contribution is 8.00. The predicted octanol–water partition coefficient (Wildman–Crippen LogP) is 5.89. The van der Waals surface area contributed by atoms with Crippen molar-refractivity contribution in [3.63, 3.8) is 0 Å². The molecule has 0 heterocycles. The van der Waals surface area contributed by atoms with Crippen molar-refractivity contribution in [2.24, 2.45) is 17.8 Å². The predicted molar refractivity (Wildman–Crippen MR) is 112 cm³/mol. The first-order valence-corrected chi connectivity index (χ1v) is 11.3. The fourth-order valence-corrected chi connectivity index (χ4v) is 6.95. The van der Waals surface area contributed by atoms with Gasteiger partial charge in [0, 0.05) is 10.6 Å². The Morgan fingerprint density at radius 2 is 1.48 bits per heavy atom. The van der Waals surface area contributed by atoms with Gasteiger partial charge in [-0.1, -0.05) is 30.3 Å². The van der Waals surface area contributed by atoms with Crippen molar-refractivity contribution in [3.8, 4) is 0 Å². The normalized spacial score (nSPS) is 31.0. The number of rotatable bonds is 5. The van der Waals surface area contributed by atoms with Gasteiger partial charge in [0.2, 0.25) is 5.91 Å². The van der Waals surface area contributed by atoms with E-state index in [2.05, 4.69) is 29.6 Å². The molecule has 1 amide bonds. The fraction of sp³-hybridized carbons (Fsp3) is 0.458. The first-order valence-electron chi connectivity index (χ1n) is 10.3. The Labute approximate surface area is 166 Å². The van der Waals surface area contributed by atoms with Gasteiger partial charge in [-0.2, -0.15) is 0 Å². The van der Waals surface area contributed by atoms with Gasteiger partial charge in [-0.25, -0.2) is 0 Å². The number of carbonyl (C=O) groups excluding carboxylic acids is 1. The number of hydrogen-bond donors (Lipinski definition) is 1. The SMILES string of the molecule is O=C(CSc1ccccc1)Nc1ccc(C23CC4CC(CC(C4)C2)C3)cc1. The number of nitrogens with one attached hydrogen (secondary N) is 1. The van der Waals surface area contributed by atoms with Crippen molar-refractivity contribution in [2.45, 2.75) is 48.8 Å². The largest absolute Gasteiger partial charge is 0.325 e. The molecule has 140 valence electrons. The molecule has 0 aliphatic heterocycles. The number of thioether (sulfide) groups is 1. The summed E-state index contributed by atoms with van der Waals surface area (Å²) in [5, 5.41) is 3.05. The summed E-state index contributed by atoms with van der Waals surface area (Å²) in [5.41, 5.74) is 2.86. The minimum Gasteiger partial charge on any atom is -0.325 e. The first kappa shape index (κ1) is 17.4. The maximum Gasteiger partial charge on any atom is 0.234 e. The van der Waals surface area contributed by atoms with E-state index in [1.54, 1.807) is 11.8 Å². The van der Waals surface area contributed by atoms with Crippen LogP contribution in [-0.4, -0.2) is 11.7 Å². The van der Waals surface area contributed by atoms with Crippen LogP contribution in [0.4, 0.5) is 5.69 Å². The van der Waals surface area contributed by atoms with Gasteiger partial charge in [-0.3, -0.25) is 4.79 Å². The van der Waals surface area contributed by atoms with E-state index < -0.39 is 0 Å². The van der Waals surface area contributed by atoms with Gasteiger partial charge in [-0.15, -0.1) is 11.8 Å². The molecule has 2 nitrogen and oxygen atoms in total. The second-order valence-electron chi connectivity index (χ2n) is 8.93. The molecule has 3 heteroatoms. The van der Waals surface area contributed by atoms with Crippen LogP contribution in [0, 0.1) is 17.8 Å². The summed E-state index contributed by atoms with van der Waals surface area (Å²) >= 11 is 1.58. The molecule has 0 saturated heterocycles. The lowest BCUT2D eigenvalue weighted by molar-refractivity contribution is -0.113. The zero-order valence-electron chi connectivity index (χ0n) is 15.7. The van der Waals surface area contributed by atoms with E-state index in [-0.39, 0.29) is 5.91 Å². The summed E-state index contributed by atoms with van der Waals surface area (Å²) in [6.07, 6.45) is 8.60. The van der Waals surface area contributed by atoms with Crippen LogP contribution in [0.5, 0.6) is 0 Å². The van der Waals surface area contributed by atoms with Crippen LogP contribution in [0.15, 0.2) is 59.5 Å². The van der Waals surface area contributed by atoms with E-state index >= 15 is 0 Å². The zero-order valence-corrected chi connectivity index (χ0v) is 16.5. The second kappa shape index (κ2) is 7.01. The Balaban J connectivity index is 1.22. The van der Waals surface area contributed by atoms with Crippen LogP contribution in [-0.2, 0) is 10.2 Å². The Bertz CT molecular complexity index is 779. The third-order valence-corrected chi connectivity index (χ3v) is 7.94. The highest BCUT2D eigenvalue weighted by Gasteiger charge is 2.51. The minimum absolute atomic E-state index is 0.0615. The van der Waals surface area contributed by atoms with Gasteiger partial charge >= 0.3 is 0 Å². The van der Waals surface area contributed by atoms with E-state index in [0.717, 1.165) is 28.3 Å². The van der Waals surface area contributed by atoms with Crippen LogP contribution in [0.25, 0.3) is 0 Å². The van der Waals surface area contributed by atoms with Gasteiger partial charge < -0.3 is 5.32 Å². The minimum atomic E-state index is 0.0615. The van der Waals surface area contributed by atoms with E-state index in [4.69, 9.17) is 0 Å². The highest BCUT2D eigenvalue weighted by Crippen LogP contribution is 2.60. The molecule has 0 atom stereocenters. The van der Waals surface area contributed by atoms with Gasteiger partial charge in [-0.05, 0) is 91.5 Å². The third-order valence-electron chi connectivity index (χ3n) is 6.93. The Morgan fingerprint density at radius 3 is 2.07 bits per heavy atom. The topological polar surface area (TPSA) is 29.1 Å². The molecule has 0 aromatic heterocycles. The molecule has 2 aromatic rings. The summed E-state index contributed by atoms with van der Waals surface area (Å²) in [6.45, 7) is 0. The van der Waals surface area contributed by atoms with Gasteiger partial charge in [0.05, 0.1) is 5.75 Å². The van der Waals surface area contributed by atoms with Crippen LogP contribution in [0.2, 0.25) is 0 Å². The van der Waals surface area contributed by atoms with Crippen molar-refractivity contribution in [1.29, 1.82) is 0 Å². The molecular formula is C24H27NOS. The number of hydrogen-bond acceptors (Lipinski definition) is 2. The molecule has 4 aliphatic carbocycles. The lowest BCUT2D eigenvalue weighted by atomic mass is 9.48. The smallest absolute Gasteiger partial charge is 0.234 e. The zero-order chi connectivity index (χ0) is 18.3. The molecular weight excluding hydrogens is 350 g/mol. The van der Waals surface area contributed by atoms with E-state index in [0.29, 0.717) is 11.2 Å². The first-order chi connectivity index (χ1) is 13.2. The van der Waals surface area contributed by atoms with Crippen molar-refractivity contribution in [1.82, 2.24) is 0 Å². The van der Waals surface area contributed by atoms with Gasteiger partial charge in [0.25, 0.3) is 0 Å². The molecule has 0 radical (unpaired) electrons. The molecule has 0 unspecified atom stereocenters. The van der Waals surface area contributed by atoms with Crippen LogP contribution in [0.3, 0.4) is 0 Å². The maximum atomic E-state index is 12.3. The molecule has 2 aromatic carbocycles. The standard InChI is InChI=1S/C24H27NOS/c26-23(16-27-22-4-2-1-3-5-22)25-21-8-6-20(7-9-21)24-13-17-10-18(14-24)12-19(11-17)15-24/h1-9,17-19H,10-16H2,(H,25,26). The van der Waals surface area contributed by atoms with Crippen LogP contribution in [0.1, 0.15) is 44.1 Å². The summed E-state index contributed by atoms with van der Waals surface area (Å²) in [6, 6.07) is 18.9. The molecule has 4 fully saturated rings. The number of anilines is 1. The summed E-state index contributed by atoms with van der Waals surface area (Å²) in [4.78, 5) is 13.4. The third kappa shape index (κ3) is 3.54. The molecule has 0 spiro atoms. The van der Waals surface area contributed by atoms with Gasteiger partial charge in [0.15, 0.2) is 0 Å². The van der Waals surface area contributed by atoms with Crippen LogP contribution < -0.4 is 5.32 Å². The van der Waals surface area contributed by atoms with Crippen molar-refractivity contribution < 1.29 is 4.79 Å². The van der Waals surface area contributed by atoms with E-state index in [1.165, 1.54) is 44.1 Å². The molecule has 27 heavy (non-hydrogen) atoms. The lowest BCUT2D eigenvalue weighted by Gasteiger charge is -2.57. The summed E-state index contributed by atoms with van der Waals surface area (Å²) < 4.78 is 0. The summed E-state index contributed by atoms with van der Waals surface area (Å²) in [7, 11) is 0. The quantitative estimate of drug-likeness (QED) is 0.659. The number of carbonyl (C=O) groups is 1. The number of amides is 1. The van der Waals surface area contributed by atoms with Crippen LogP contribution >= 0.6 is 11.8 Å². The molecule has 6 rings (SSSR count). The van der Waals surface area contributed by atoms with Crippen molar-refractivity contribution >= 4 is 23.4 Å².